The predicted octanol–water partition coefficient (Wildman–Crippen LogP) is 3.24. The van der Waals surface area contributed by atoms with Crippen molar-refractivity contribution in [2.45, 2.75) is 12.3 Å². The summed E-state index contributed by atoms with van der Waals surface area (Å²) in [4.78, 5) is 0. The molecule has 0 aliphatic rings. The van der Waals surface area contributed by atoms with Gasteiger partial charge in [-0.2, -0.15) is 0 Å². The van der Waals surface area contributed by atoms with Gasteiger partial charge in [-0.05, 0) is 17.7 Å². The zero-order valence-corrected chi connectivity index (χ0v) is 12.4. The number of benzene rings is 2. The Labute approximate surface area is 126 Å². The summed E-state index contributed by atoms with van der Waals surface area (Å²) in [6.07, 6.45) is 0. The molecule has 3 nitrogen and oxygen atoms in total. The lowest BCUT2D eigenvalue weighted by Gasteiger charge is -2.08. The van der Waals surface area contributed by atoms with E-state index in [0.29, 0.717) is 16.7 Å². The second-order valence-electron chi connectivity index (χ2n) is 4.41. The van der Waals surface area contributed by atoms with E-state index in [4.69, 9.17) is 11.6 Å². The van der Waals surface area contributed by atoms with Gasteiger partial charge in [0, 0.05) is 23.2 Å². The summed E-state index contributed by atoms with van der Waals surface area (Å²) in [5.41, 5.74) is 0.519. The van der Waals surface area contributed by atoms with Gasteiger partial charge >= 0.3 is 0 Å². The Kier molecular flexibility index (Phi) is 4.92. The molecule has 0 amide bonds. The molecule has 0 saturated heterocycles. The number of hydrogen-bond donors (Lipinski definition) is 1. The van der Waals surface area contributed by atoms with Crippen LogP contribution >= 0.6 is 11.6 Å². The highest BCUT2D eigenvalue weighted by Gasteiger charge is 2.14. The molecule has 112 valence electrons. The summed E-state index contributed by atoms with van der Waals surface area (Å²) in [5, 5.41) is 0.343. The molecular formula is C14H12ClF2NO2S. The molecule has 0 heterocycles. The Bertz CT molecular complexity index is 750. The lowest BCUT2D eigenvalue weighted by atomic mass is 10.2. The fourth-order valence-electron chi connectivity index (χ4n) is 1.72. The van der Waals surface area contributed by atoms with Crippen LogP contribution in [0.1, 0.15) is 11.1 Å². The van der Waals surface area contributed by atoms with Crippen molar-refractivity contribution in [1.29, 1.82) is 0 Å². The lowest BCUT2D eigenvalue weighted by molar-refractivity contribution is 0.562. The molecule has 2 rings (SSSR count). The van der Waals surface area contributed by atoms with Crippen LogP contribution in [-0.4, -0.2) is 8.42 Å². The average Bonchev–Trinajstić information content (AvgIpc) is 2.40. The minimum absolute atomic E-state index is 0.0686. The third-order valence-corrected chi connectivity index (χ3v) is 4.44. The van der Waals surface area contributed by atoms with Crippen LogP contribution in [0, 0.1) is 11.6 Å². The van der Waals surface area contributed by atoms with Crippen LogP contribution in [0.5, 0.6) is 0 Å². The second kappa shape index (κ2) is 6.51. The van der Waals surface area contributed by atoms with Crippen LogP contribution < -0.4 is 4.72 Å². The molecular weight excluding hydrogens is 320 g/mol. The van der Waals surface area contributed by atoms with Crippen molar-refractivity contribution < 1.29 is 17.2 Å². The van der Waals surface area contributed by atoms with Crippen molar-refractivity contribution in [3.8, 4) is 0 Å². The fourth-order valence-corrected chi connectivity index (χ4v) is 3.14. The standard InChI is InChI=1S/C14H12ClF2NO2S/c15-13-4-2-1-3-11(13)9-21(19,20)18-8-10-5-6-12(16)7-14(10)17/h1-7,18H,8-9H2. The maximum atomic E-state index is 13.4. The van der Waals surface area contributed by atoms with Gasteiger partial charge in [0.25, 0.3) is 0 Å². The number of rotatable bonds is 5. The first kappa shape index (κ1) is 15.9. The summed E-state index contributed by atoms with van der Waals surface area (Å²) in [6.45, 7) is -0.251. The highest BCUT2D eigenvalue weighted by molar-refractivity contribution is 7.88. The second-order valence-corrected chi connectivity index (χ2v) is 6.62. The molecule has 0 fully saturated rings. The smallest absolute Gasteiger partial charge is 0.212 e. The van der Waals surface area contributed by atoms with E-state index in [9.17, 15) is 17.2 Å². The predicted molar refractivity (Wildman–Crippen MR) is 77.3 cm³/mol. The highest BCUT2D eigenvalue weighted by atomic mass is 35.5. The van der Waals surface area contributed by atoms with E-state index in [0.717, 1.165) is 6.07 Å². The van der Waals surface area contributed by atoms with Crippen LogP contribution in [0.2, 0.25) is 5.02 Å². The van der Waals surface area contributed by atoms with E-state index in [1.54, 1.807) is 24.3 Å². The number of sulfonamides is 1. The molecule has 0 aliphatic carbocycles. The van der Waals surface area contributed by atoms with Crippen molar-refractivity contribution in [2.75, 3.05) is 0 Å². The highest BCUT2D eigenvalue weighted by Crippen LogP contribution is 2.17. The zero-order valence-electron chi connectivity index (χ0n) is 10.8. The molecule has 0 bridgehead atoms. The molecule has 0 unspecified atom stereocenters. The Morgan fingerprint density at radius 2 is 1.76 bits per heavy atom. The quantitative estimate of drug-likeness (QED) is 0.914. The van der Waals surface area contributed by atoms with Gasteiger partial charge in [-0.25, -0.2) is 21.9 Å². The molecule has 0 saturated carbocycles. The molecule has 0 atom stereocenters. The van der Waals surface area contributed by atoms with Gasteiger partial charge in [-0.3, -0.25) is 0 Å². The molecule has 2 aromatic rings. The van der Waals surface area contributed by atoms with E-state index in [-0.39, 0.29) is 17.9 Å². The van der Waals surface area contributed by atoms with Crippen LogP contribution in [0.4, 0.5) is 8.78 Å². The third kappa shape index (κ3) is 4.49. The minimum atomic E-state index is -3.68. The Balaban J connectivity index is 2.06. The van der Waals surface area contributed by atoms with E-state index < -0.39 is 21.7 Å². The third-order valence-electron chi connectivity index (χ3n) is 2.80. The van der Waals surface area contributed by atoms with Crippen molar-refractivity contribution in [2.24, 2.45) is 0 Å². The molecule has 0 aromatic heterocycles. The largest absolute Gasteiger partial charge is 0.216 e. The van der Waals surface area contributed by atoms with E-state index in [1.165, 1.54) is 6.07 Å². The van der Waals surface area contributed by atoms with Gasteiger partial charge in [0.2, 0.25) is 10.0 Å². The van der Waals surface area contributed by atoms with E-state index in [1.807, 2.05) is 0 Å². The van der Waals surface area contributed by atoms with Gasteiger partial charge in [0.05, 0.1) is 5.75 Å². The van der Waals surface area contributed by atoms with Gasteiger partial charge < -0.3 is 0 Å². The lowest BCUT2D eigenvalue weighted by Crippen LogP contribution is -2.25. The fraction of sp³-hybridized carbons (Fsp3) is 0.143. The number of halogens is 3. The summed E-state index contributed by atoms with van der Waals surface area (Å²) in [5.74, 6) is -1.82. The first-order valence-corrected chi connectivity index (χ1v) is 8.05. The van der Waals surface area contributed by atoms with Crippen LogP contribution in [0.25, 0.3) is 0 Å². The van der Waals surface area contributed by atoms with Gasteiger partial charge in [0.15, 0.2) is 0 Å². The monoisotopic (exact) mass is 331 g/mol. The topological polar surface area (TPSA) is 46.2 Å². The minimum Gasteiger partial charge on any atom is -0.212 e. The SMILES string of the molecule is O=S(=O)(Cc1ccccc1Cl)NCc1ccc(F)cc1F. The molecule has 21 heavy (non-hydrogen) atoms. The summed E-state index contributed by atoms with van der Waals surface area (Å²) in [7, 11) is -3.68. The maximum Gasteiger partial charge on any atom is 0.216 e. The Hall–Kier alpha value is -1.50. The Morgan fingerprint density at radius 1 is 1.05 bits per heavy atom. The van der Waals surface area contributed by atoms with Crippen LogP contribution in [0.15, 0.2) is 42.5 Å². The molecule has 2 aromatic carbocycles. The number of nitrogens with one attached hydrogen (secondary N) is 1. The van der Waals surface area contributed by atoms with Crippen molar-refractivity contribution in [1.82, 2.24) is 4.72 Å². The van der Waals surface area contributed by atoms with Gasteiger partial charge in [0.1, 0.15) is 11.6 Å². The Morgan fingerprint density at radius 3 is 2.43 bits per heavy atom. The first-order valence-electron chi connectivity index (χ1n) is 6.02. The molecule has 0 radical (unpaired) electrons. The molecule has 0 spiro atoms. The molecule has 0 aliphatic heterocycles. The molecule has 7 heteroatoms. The summed E-state index contributed by atoms with van der Waals surface area (Å²) < 4.78 is 52.3. The first-order chi connectivity index (χ1) is 9.87. The maximum absolute atomic E-state index is 13.4. The van der Waals surface area contributed by atoms with Crippen molar-refractivity contribution >= 4 is 21.6 Å². The zero-order chi connectivity index (χ0) is 15.5. The van der Waals surface area contributed by atoms with Gasteiger partial charge in [-0.1, -0.05) is 35.9 Å². The normalized spacial score (nSPS) is 11.6. The average molecular weight is 332 g/mol. The van der Waals surface area contributed by atoms with Crippen molar-refractivity contribution in [3.63, 3.8) is 0 Å². The van der Waals surface area contributed by atoms with E-state index >= 15 is 0 Å². The van der Waals surface area contributed by atoms with Gasteiger partial charge in [-0.15, -0.1) is 0 Å². The van der Waals surface area contributed by atoms with E-state index in [2.05, 4.69) is 4.72 Å². The summed E-state index contributed by atoms with van der Waals surface area (Å²) >= 11 is 5.90. The van der Waals surface area contributed by atoms with Crippen molar-refractivity contribution in [3.05, 3.63) is 70.2 Å². The van der Waals surface area contributed by atoms with Crippen LogP contribution in [0.3, 0.4) is 0 Å². The van der Waals surface area contributed by atoms with Crippen LogP contribution in [-0.2, 0) is 22.3 Å². The summed E-state index contributed by atoms with van der Waals surface area (Å²) in [6, 6.07) is 9.53. The number of hydrogen-bond acceptors (Lipinski definition) is 2. The molecule has 1 N–H and O–H groups in total.